The molecule has 0 fully saturated rings. The van der Waals surface area contributed by atoms with Crippen molar-refractivity contribution in [1.82, 2.24) is 15.5 Å². The van der Waals surface area contributed by atoms with Gasteiger partial charge in [0.1, 0.15) is 28.2 Å². The van der Waals surface area contributed by atoms with Crippen LogP contribution in [0.3, 0.4) is 0 Å². The molecule has 35 heavy (non-hydrogen) atoms. The first-order valence-electron chi connectivity index (χ1n) is 10.5. The van der Waals surface area contributed by atoms with Crippen molar-refractivity contribution in [2.24, 2.45) is 0 Å². The zero-order valence-corrected chi connectivity index (χ0v) is 20.5. The van der Waals surface area contributed by atoms with Gasteiger partial charge in [0, 0.05) is 24.5 Å². The van der Waals surface area contributed by atoms with Crippen LogP contribution >= 0.6 is 23.2 Å². The molecule has 1 atom stereocenters. The number of rotatable bonds is 10. The van der Waals surface area contributed by atoms with E-state index in [1.165, 1.54) is 24.3 Å². The summed E-state index contributed by atoms with van der Waals surface area (Å²) in [5.74, 6) is -0.251. The summed E-state index contributed by atoms with van der Waals surface area (Å²) in [6, 6.07) is 14.8. The number of anilines is 1. The minimum Gasteiger partial charge on any atom is -0.492 e. The van der Waals surface area contributed by atoms with Crippen LogP contribution in [0.25, 0.3) is 10.9 Å². The molecule has 3 aromatic carbocycles. The summed E-state index contributed by atoms with van der Waals surface area (Å²) < 4.78 is 47.1. The highest BCUT2D eigenvalue weighted by atomic mass is 35.5. The van der Waals surface area contributed by atoms with Crippen LogP contribution in [0.5, 0.6) is 5.75 Å². The topological polar surface area (TPSA) is 116 Å². The summed E-state index contributed by atoms with van der Waals surface area (Å²) in [5, 5.41) is 21.8. The lowest BCUT2D eigenvalue weighted by atomic mass is 10.1. The van der Waals surface area contributed by atoms with E-state index < -0.39 is 26.8 Å². The Morgan fingerprint density at radius 3 is 2.71 bits per heavy atom. The van der Waals surface area contributed by atoms with E-state index >= 15 is 0 Å². The molecule has 0 saturated carbocycles. The summed E-state index contributed by atoms with van der Waals surface area (Å²) in [4.78, 5) is -0.502. The molecular weight excluding hydrogens is 518 g/mol. The zero-order chi connectivity index (χ0) is 25.0. The van der Waals surface area contributed by atoms with Gasteiger partial charge in [0.15, 0.2) is 0 Å². The van der Waals surface area contributed by atoms with Crippen LogP contribution in [0.4, 0.5) is 10.1 Å². The van der Waals surface area contributed by atoms with Crippen molar-refractivity contribution >= 4 is 49.8 Å². The number of halogens is 3. The first-order valence-corrected chi connectivity index (χ1v) is 12.7. The van der Waals surface area contributed by atoms with E-state index in [1.54, 1.807) is 18.2 Å². The maximum Gasteiger partial charge on any atom is 0.264 e. The van der Waals surface area contributed by atoms with Crippen molar-refractivity contribution in [1.29, 1.82) is 0 Å². The van der Waals surface area contributed by atoms with Crippen LogP contribution in [-0.2, 0) is 10.0 Å². The molecule has 0 bridgehead atoms. The normalized spacial score (nSPS) is 12.6. The van der Waals surface area contributed by atoms with Crippen LogP contribution < -0.4 is 14.8 Å². The molecule has 1 heterocycles. The smallest absolute Gasteiger partial charge is 0.264 e. The van der Waals surface area contributed by atoms with Crippen molar-refractivity contribution in [2.75, 3.05) is 24.4 Å². The van der Waals surface area contributed by atoms with Gasteiger partial charge in [0.05, 0.1) is 22.3 Å². The number of aliphatic hydroxyl groups is 1. The minimum atomic E-state index is -4.21. The second-order valence-corrected chi connectivity index (χ2v) is 10.00. The van der Waals surface area contributed by atoms with Gasteiger partial charge in [-0.3, -0.25) is 9.82 Å². The summed E-state index contributed by atoms with van der Waals surface area (Å²) in [6.45, 7) is 0.958. The molecular formula is C23H21Cl2FN4O4S. The predicted molar refractivity (Wildman–Crippen MR) is 133 cm³/mol. The van der Waals surface area contributed by atoms with E-state index in [0.29, 0.717) is 35.1 Å². The van der Waals surface area contributed by atoms with E-state index in [0.717, 1.165) is 17.5 Å². The van der Waals surface area contributed by atoms with Gasteiger partial charge < -0.3 is 15.2 Å². The number of hydrogen-bond acceptors (Lipinski definition) is 6. The summed E-state index contributed by atoms with van der Waals surface area (Å²) in [5.41, 5.74) is 1.15. The third-order valence-corrected chi connectivity index (χ3v) is 7.13. The third-order valence-electron chi connectivity index (χ3n) is 5.11. The molecule has 12 heteroatoms. The number of H-pyrrole nitrogens is 1. The quantitative estimate of drug-likeness (QED) is 0.221. The third kappa shape index (κ3) is 6.03. The highest BCUT2D eigenvalue weighted by Gasteiger charge is 2.20. The van der Waals surface area contributed by atoms with Crippen molar-refractivity contribution in [3.63, 3.8) is 0 Å². The maximum atomic E-state index is 14.0. The fraction of sp³-hybridized carbons (Fsp3) is 0.174. The fourth-order valence-corrected chi connectivity index (χ4v) is 4.91. The first-order chi connectivity index (χ1) is 16.7. The van der Waals surface area contributed by atoms with Crippen LogP contribution in [0, 0.1) is 5.82 Å². The zero-order valence-electron chi connectivity index (χ0n) is 18.1. The van der Waals surface area contributed by atoms with Crippen LogP contribution in [-0.4, -0.2) is 43.4 Å². The number of nitrogens with zero attached hydrogens (tertiary/aromatic N) is 1. The number of ether oxygens (including phenoxy) is 1. The molecule has 0 aliphatic rings. The van der Waals surface area contributed by atoms with Crippen molar-refractivity contribution < 1.29 is 22.7 Å². The molecule has 4 aromatic rings. The Bertz CT molecular complexity index is 1450. The van der Waals surface area contributed by atoms with Crippen molar-refractivity contribution in [3.8, 4) is 5.75 Å². The van der Waals surface area contributed by atoms with Crippen LogP contribution in [0.2, 0.25) is 10.2 Å². The van der Waals surface area contributed by atoms with Crippen molar-refractivity contribution in [3.05, 3.63) is 82.2 Å². The average molecular weight is 539 g/mol. The molecule has 0 radical (unpaired) electrons. The SMILES string of the molecule is O=S(=O)(Nc1cc([C@@H](O)CNCCOc2ccc3c(Cl)[nH]nc3c2)ccc1Cl)c1ccccc1F. The molecule has 184 valence electrons. The molecule has 4 rings (SSSR count). The number of hydrogen-bond donors (Lipinski definition) is 4. The van der Waals surface area contributed by atoms with Crippen LogP contribution in [0.15, 0.2) is 65.6 Å². The van der Waals surface area contributed by atoms with Gasteiger partial charge in [-0.15, -0.1) is 0 Å². The van der Waals surface area contributed by atoms with E-state index in [9.17, 15) is 17.9 Å². The average Bonchev–Trinajstić information content (AvgIpc) is 3.20. The second kappa shape index (κ2) is 10.8. The Balaban J connectivity index is 1.31. The Morgan fingerprint density at radius 1 is 1.11 bits per heavy atom. The molecule has 0 aliphatic heterocycles. The molecule has 0 aliphatic carbocycles. The number of aromatic nitrogens is 2. The number of sulfonamides is 1. The summed E-state index contributed by atoms with van der Waals surface area (Å²) in [6.07, 6.45) is -0.952. The van der Waals surface area contributed by atoms with E-state index in [1.807, 2.05) is 6.07 Å². The van der Waals surface area contributed by atoms with Crippen LogP contribution in [0.1, 0.15) is 11.7 Å². The fourth-order valence-electron chi connectivity index (χ4n) is 3.34. The highest BCUT2D eigenvalue weighted by Crippen LogP contribution is 2.29. The van der Waals surface area contributed by atoms with Gasteiger partial charge in [-0.2, -0.15) is 5.10 Å². The molecule has 0 spiro atoms. The summed E-state index contributed by atoms with van der Waals surface area (Å²) >= 11 is 12.1. The summed E-state index contributed by atoms with van der Waals surface area (Å²) in [7, 11) is -4.21. The lowest BCUT2D eigenvalue weighted by Gasteiger charge is -2.16. The lowest BCUT2D eigenvalue weighted by Crippen LogP contribution is -2.26. The molecule has 4 N–H and O–H groups in total. The number of aromatic amines is 1. The number of fused-ring (bicyclic) bond motifs is 1. The molecule has 0 amide bonds. The van der Waals surface area contributed by atoms with Gasteiger partial charge in [0.25, 0.3) is 10.0 Å². The Labute approximate surface area is 211 Å². The largest absolute Gasteiger partial charge is 0.492 e. The Hall–Kier alpha value is -2.89. The van der Waals surface area contributed by atoms with Crippen molar-refractivity contribution in [2.45, 2.75) is 11.0 Å². The number of aliphatic hydroxyl groups excluding tert-OH is 1. The van der Waals surface area contributed by atoms with Gasteiger partial charge in [0.2, 0.25) is 0 Å². The van der Waals surface area contributed by atoms with Gasteiger partial charge >= 0.3 is 0 Å². The molecule has 8 nitrogen and oxygen atoms in total. The lowest BCUT2D eigenvalue weighted by molar-refractivity contribution is 0.172. The highest BCUT2D eigenvalue weighted by molar-refractivity contribution is 7.92. The number of nitrogens with one attached hydrogen (secondary N) is 3. The maximum absolute atomic E-state index is 14.0. The van der Waals surface area contributed by atoms with E-state index in [2.05, 4.69) is 20.2 Å². The van der Waals surface area contributed by atoms with Gasteiger partial charge in [-0.05, 0) is 42.0 Å². The first kappa shape index (κ1) is 25.2. The molecule has 0 saturated heterocycles. The predicted octanol–water partition coefficient (Wildman–Crippen LogP) is 4.51. The second-order valence-electron chi connectivity index (χ2n) is 7.56. The minimum absolute atomic E-state index is 0.0312. The Morgan fingerprint density at radius 2 is 1.91 bits per heavy atom. The monoisotopic (exact) mass is 538 g/mol. The van der Waals surface area contributed by atoms with Gasteiger partial charge in [-0.1, -0.05) is 41.4 Å². The van der Waals surface area contributed by atoms with Gasteiger partial charge in [-0.25, -0.2) is 12.8 Å². The number of benzene rings is 3. The van der Waals surface area contributed by atoms with E-state index in [-0.39, 0.29) is 17.3 Å². The van der Waals surface area contributed by atoms with E-state index in [4.69, 9.17) is 27.9 Å². The molecule has 0 unspecified atom stereocenters. The standard InChI is InChI=1S/C23H21Cl2FN4O4S/c24-17-8-5-14(11-20(17)30-35(32,33)22-4-2-1-3-18(22)26)21(31)13-27-9-10-34-15-6-7-16-19(12-15)28-29-23(16)25/h1-8,11-12,21,27,30-31H,9-10,13H2,(H,28,29)/t21-/m0/s1. The Kier molecular flexibility index (Phi) is 7.78. The molecule has 1 aromatic heterocycles.